The fraction of sp³-hybridized carbons (Fsp3) is 0.263. The van der Waals surface area contributed by atoms with E-state index in [1.54, 1.807) is 29.4 Å². The van der Waals surface area contributed by atoms with E-state index in [1.165, 1.54) is 10.6 Å². The molecule has 1 aliphatic rings. The standard InChI is InChI=1S/C19H19N3O4S/c1-27(24,25)22-10-8-21(9-11-22)19(23)15-13-17(18-7-4-12-26-18)20-16-6-3-2-5-14(15)16/h2-7,12-13H,8-11H2,1H3. The Kier molecular flexibility index (Phi) is 4.45. The number of aromatic nitrogens is 1. The van der Waals surface area contributed by atoms with Crippen molar-refractivity contribution in [2.75, 3.05) is 32.4 Å². The number of pyridine rings is 1. The second-order valence-corrected chi connectivity index (χ2v) is 8.49. The van der Waals surface area contributed by atoms with Gasteiger partial charge in [0.1, 0.15) is 5.69 Å². The van der Waals surface area contributed by atoms with Crippen LogP contribution in [0.15, 0.2) is 53.1 Å². The van der Waals surface area contributed by atoms with Crippen LogP contribution >= 0.6 is 0 Å². The third kappa shape index (κ3) is 3.45. The maximum absolute atomic E-state index is 13.2. The maximum atomic E-state index is 13.2. The minimum Gasteiger partial charge on any atom is -0.463 e. The molecule has 1 fully saturated rings. The molecule has 140 valence electrons. The number of furan rings is 1. The van der Waals surface area contributed by atoms with Crippen molar-refractivity contribution in [2.24, 2.45) is 0 Å². The highest BCUT2D eigenvalue weighted by atomic mass is 32.2. The van der Waals surface area contributed by atoms with E-state index < -0.39 is 10.0 Å². The smallest absolute Gasteiger partial charge is 0.254 e. The normalized spacial score (nSPS) is 16.0. The van der Waals surface area contributed by atoms with Gasteiger partial charge in [-0.3, -0.25) is 4.79 Å². The maximum Gasteiger partial charge on any atom is 0.254 e. The first-order chi connectivity index (χ1) is 12.9. The molecular weight excluding hydrogens is 366 g/mol. The van der Waals surface area contributed by atoms with Crippen molar-refractivity contribution in [1.29, 1.82) is 0 Å². The van der Waals surface area contributed by atoms with E-state index in [-0.39, 0.29) is 5.91 Å². The fourth-order valence-corrected chi connectivity index (χ4v) is 4.12. The van der Waals surface area contributed by atoms with Crippen molar-refractivity contribution in [3.63, 3.8) is 0 Å². The Bertz CT molecular complexity index is 1090. The van der Waals surface area contributed by atoms with Crippen molar-refractivity contribution >= 4 is 26.8 Å². The molecule has 0 atom stereocenters. The summed E-state index contributed by atoms with van der Waals surface area (Å²) in [4.78, 5) is 19.5. The van der Waals surface area contributed by atoms with Gasteiger partial charge in [0.05, 0.1) is 23.6 Å². The second-order valence-electron chi connectivity index (χ2n) is 6.50. The van der Waals surface area contributed by atoms with Crippen LogP contribution in [-0.2, 0) is 10.0 Å². The lowest BCUT2D eigenvalue weighted by molar-refractivity contribution is 0.0700. The third-order valence-electron chi connectivity index (χ3n) is 4.72. The van der Waals surface area contributed by atoms with Crippen molar-refractivity contribution in [2.45, 2.75) is 0 Å². The molecule has 0 radical (unpaired) electrons. The zero-order valence-electron chi connectivity index (χ0n) is 14.8. The molecule has 3 aromatic rings. The Morgan fingerprint density at radius 1 is 1.07 bits per heavy atom. The molecule has 0 N–H and O–H groups in total. The predicted molar refractivity (Wildman–Crippen MR) is 102 cm³/mol. The van der Waals surface area contributed by atoms with Gasteiger partial charge in [-0.1, -0.05) is 18.2 Å². The Morgan fingerprint density at radius 3 is 2.48 bits per heavy atom. The number of piperazine rings is 1. The SMILES string of the molecule is CS(=O)(=O)N1CCN(C(=O)c2cc(-c3ccco3)nc3ccccc23)CC1. The average Bonchev–Trinajstić information content (AvgIpc) is 3.21. The molecule has 8 heteroatoms. The molecule has 1 amide bonds. The number of benzene rings is 1. The Hall–Kier alpha value is -2.71. The van der Waals surface area contributed by atoms with Gasteiger partial charge in [-0.25, -0.2) is 13.4 Å². The van der Waals surface area contributed by atoms with E-state index in [9.17, 15) is 13.2 Å². The van der Waals surface area contributed by atoms with E-state index in [0.29, 0.717) is 48.7 Å². The molecule has 0 bridgehead atoms. The van der Waals surface area contributed by atoms with Gasteiger partial charge in [0.15, 0.2) is 5.76 Å². The molecule has 4 rings (SSSR count). The topological polar surface area (TPSA) is 83.7 Å². The number of sulfonamides is 1. The summed E-state index contributed by atoms with van der Waals surface area (Å²) < 4.78 is 30.2. The molecule has 2 aromatic heterocycles. The number of rotatable bonds is 3. The largest absolute Gasteiger partial charge is 0.463 e. The van der Waals surface area contributed by atoms with Gasteiger partial charge in [0.25, 0.3) is 5.91 Å². The highest BCUT2D eigenvalue weighted by molar-refractivity contribution is 7.88. The molecular formula is C19H19N3O4S. The average molecular weight is 385 g/mol. The predicted octanol–water partition coefficient (Wildman–Crippen LogP) is 2.21. The van der Waals surface area contributed by atoms with Crippen LogP contribution < -0.4 is 0 Å². The van der Waals surface area contributed by atoms with E-state index in [4.69, 9.17) is 4.42 Å². The molecule has 1 aliphatic heterocycles. The number of hydrogen-bond donors (Lipinski definition) is 0. The van der Waals surface area contributed by atoms with Gasteiger partial charge in [0.2, 0.25) is 10.0 Å². The number of fused-ring (bicyclic) bond motifs is 1. The lowest BCUT2D eigenvalue weighted by Gasteiger charge is -2.33. The number of amides is 1. The quantitative estimate of drug-likeness (QED) is 0.690. The lowest BCUT2D eigenvalue weighted by Crippen LogP contribution is -2.50. The second kappa shape index (κ2) is 6.79. The number of nitrogens with zero attached hydrogens (tertiary/aromatic N) is 3. The summed E-state index contributed by atoms with van der Waals surface area (Å²) in [6, 6.07) is 12.8. The minimum absolute atomic E-state index is 0.130. The number of para-hydroxylation sites is 1. The van der Waals surface area contributed by atoms with Crippen molar-refractivity contribution in [3.8, 4) is 11.5 Å². The van der Waals surface area contributed by atoms with Crippen LogP contribution in [0.2, 0.25) is 0 Å². The summed E-state index contributed by atoms with van der Waals surface area (Å²) in [6.07, 6.45) is 2.76. The van der Waals surface area contributed by atoms with Crippen LogP contribution in [0.1, 0.15) is 10.4 Å². The van der Waals surface area contributed by atoms with Crippen LogP contribution in [0.4, 0.5) is 0 Å². The van der Waals surface area contributed by atoms with Gasteiger partial charge < -0.3 is 9.32 Å². The van der Waals surface area contributed by atoms with Gasteiger partial charge in [-0.2, -0.15) is 4.31 Å². The molecule has 0 spiro atoms. The number of carbonyl (C=O) groups excluding carboxylic acids is 1. The van der Waals surface area contributed by atoms with Gasteiger partial charge in [-0.05, 0) is 24.3 Å². The van der Waals surface area contributed by atoms with E-state index in [1.807, 2.05) is 24.3 Å². The monoisotopic (exact) mass is 385 g/mol. The first-order valence-corrected chi connectivity index (χ1v) is 10.5. The van der Waals surface area contributed by atoms with Gasteiger partial charge in [-0.15, -0.1) is 0 Å². The molecule has 0 saturated carbocycles. The summed E-state index contributed by atoms with van der Waals surface area (Å²) in [5, 5.41) is 0.767. The zero-order valence-corrected chi connectivity index (χ0v) is 15.6. The first-order valence-electron chi connectivity index (χ1n) is 8.61. The summed E-state index contributed by atoms with van der Waals surface area (Å²) in [5.41, 5.74) is 1.85. The molecule has 0 unspecified atom stereocenters. The van der Waals surface area contributed by atoms with Gasteiger partial charge >= 0.3 is 0 Å². The summed E-state index contributed by atoms with van der Waals surface area (Å²) in [6.45, 7) is 1.33. The Labute approximate surface area is 157 Å². The molecule has 27 heavy (non-hydrogen) atoms. The van der Waals surface area contributed by atoms with E-state index >= 15 is 0 Å². The zero-order chi connectivity index (χ0) is 19.0. The molecule has 0 aliphatic carbocycles. The first kappa shape index (κ1) is 17.7. The van der Waals surface area contributed by atoms with Crippen LogP contribution in [0, 0.1) is 0 Å². The van der Waals surface area contributed by atoms with Crippen LogP contribution in [0.3, 0.4) is 0 Å². The fourth-order valence-electron chi connectivity index (χ4n) is 3.30. The van der Waals surface area contributed by atoms with E-state index in [0.717, 1.165) is 5.39 Å². The van der Waals surface area contributed by atoms with Crippen molar-refractivity contribution in [3.05, 3.63) is 54.3 Å². The number of hydrogen-bond acceptors (Lipinski definition) is 5. The Balaban J connectivity index is 1.69. The molecule has 1 saturated heterocycles. The summed E-state index contributed by atoms with van der Waals surface area (Å²) >= 11 is 0. The summed E-state index contributed by atoms with van der Waals surface area (Å²) in [5.74, 6) is 0.464. The minimum atomic E-state index is -3.24. The van der Waals surface area contributed by atoms with Crippen LogP contribution in [0.5, 0.6) is 0 Å². The Morgan fingerprint density at radius 2 is 1.81 bits per heavy atom. The highest BCUT2D eigenvalue weighted by Gasteiger charge is 2.28. The molecule has 3 heterocycles. The lowest BCUT2D eigenvalue weighted by atomic mass is 10.1. The third-order valence-corrected chi connectivity index (χ3v) is 6.02. The van der Waals surface area contributed by atoms with Gasteiger partial charge in [0, 0.05) is 31.6 Å². The highest BCUT2D eigenvalue weighted by Crippen LogP contribution is 2.26. The molecule has 1 aromatic carbocycles. The van der Waals surface area contributed by atoms with Crippen molar-refractivity contribution < 1.29 is 17.6 Å². The van der Waals surface area contributed by atoms with Crippen LogP contribution in [0.25, 0.3) is 22.4 Å². The van der Waals surface area contributed by atoms with Crippen molar-refractivity contribution in [1.82, 2.24) is 14.2 Å². The van der Waals surface area contributed by atoms with E-state index in [2.05, 4.69) is 4.98 Å². The molecule has 7 nitrogen and oxygen atoms in total. The number of carbonyl (C=O) groups is 1. The van der Waals surface area contributed by atoms with Crippen LogP contribution in [-0.4, -0.2) is 60.9 Å². The summed E-state index contributed by atoms with van der Waals surface area (Å²) in [7, 11) is -3.24.